The highest BCUT2D eigenvalue weighted by Crippen LogP contribution is 2.27. The van der Waals surface area contributed by atoms with Gasteiger partial charge in [0.1, 0.15) is 0 Å². The Bertz CT molecular complexity index is 568. The van der Waals surface area contributed by atoms with Crippen molar-refractivity contribution in [1.82, 2.24) is 4.98 Å². The fourth-order valence-electron chi connectivity index (χ4n) is 1.73. The molecule has 0 spiro atoms. The third-order valence-electron chi connectivity index (χ3n) is 2.68. The van der Waals surface area contributed by atoms with E-state index >= 15 is 0 Å². The summed E-state index contributed by atoms with van der Waals surface area (Å²) in [6.07, 6.45) is 3.40. The van der Waals surface area contributed by atoms with Gasteiger partial charge in [0, 0.05) is 18.9 Å². The Morgan fingerprint density at radius 1 is 1.33 bits per heavy atom. The quantitative estimate of drug-likeness (QED) is 0.799. The third kappa shape index (κ3) is 2.24. The van der Waals surface area contributed by atoms with Crippen molar-refractivity contribution < 1.29 is 4.79 Å². The summed E-state index contributed by atoms with van der Waals surface area (Å²) in [5, 5.41) is 0. The van der Waals surface area contributed by atoms with Gasteiger partial charge >= 0.3 is 0 Å². The number of primary amides is 1. The van der Waals surface area contributed by atoms with E-state index in [2.05, 4.69) is 4.98 Å². The lowest BCUT2D eigenvalue weighted by molar-refractivity contribution is 0.100. The lowest BCUT2D eigenvalue weighted by Gasteiger charge is -2.21. The molecule has 1 aromatic carbocycles. The highest BCUT2D eigenvalue weighted by Gasteiger charge is 2.13. The van der Waals surface area contributed by atoms with Gasteiger partial charge in [-0.25, -0.2) is 0 Å². The molecule has 0 aliphatic carbocycles. The molecule has 5 nitrogen and oxygen atoms in total. The Balaban J connectivity index is 2.48. The lowest BCUT2D eigenvalue weighted by Crippen LogP contribution is -2.18. The summed E-state index contributed by atoms with van der Waals surface area (Å²) >= 11 is 0. The van der Waals surface area contributed by atoms with Crippen molar-refractivity contribution in [2.24, 2.45) is 5.73 Å². The summed E-state index contributed by atoms with van der Waals surface area (Å²) in [6.45, 7) is 0. The van der Waals surface area contributed by atoms with Gasteiger partial charge in [-0.2, -0.15) is 0 Å². The van der Waals surface area contributed by atoms with Crippen molar-refractivity contribution in [2.75, 3.05) is 17.7 Å². The minimum atomic E-state index is -0.506. The molecule has 5 heteroatoms. The molecule has 0 saturated heterocycles. The molecule has 0 radical (unpaired) electrons. The summed E-state index contributed by atoms with van der Waals surface area (Å²) in [7, 11) is 1.84. The summed E-state index contributed by atoms with van der Waals surface area (Å²) in [6, 6.07) is 8.79. The van der Waals surface area contributed by atoms with Gasteiger partial charge in [0.2, 0.25) is 0 Å². The van der Waals surface area contributed by atoms with Gasteiger partial charge in [0.25, 0.3) is 5.91 Å². The maximum atomic E-state index is 11.4. The number of nitrogens with zero attached hydrogens (tertiary/aromatic N) is 2. The number of nitrogens with two attached hydrogens (primary N) is 2. The molecule has 2 aromatic rings. The molecule has 92 valence electrons. The Morgan fingerprint density at radius 3 is 2.72 bits per heavy atom. The van der Waals surface area contributed by atoms with E-state index in [1.54, 1.807) is 30.6 Å². The first-order chi connectivity index (χ1) is 8.59. The van der Waals surface area contributed by atoms with Gasteiger partial charge in [-0.3, -0.25) is 9.78 Å². The largest absolute Gasteiger partial charge is 0.399 e. The van der Waals surface area contributed by atoms with E-state index in [1.165, 1.54) is 0 Å². The molecule has 0 bridgehead atoms. The number of amides is 1. The standard InChI is InChI=1S/C13H14N4O/c1-17(10-3-2-6-16-8-10)12-5-4-9(14)7-11(12)13(15)18/h2-8H,14H2,1H3,(H2,15,18). The number of hydrogen-bond donors (Lipinski definition) is 2. The maximum Gasteiger partial charge on any atom is 0.250 e. The van der Waals surface area contributed by atoms with Crippen LogP contribution < -0.4 is 16.4 Å². The zero-order chi connectivity index (χ0) is 13.1. The van der Waals surface area contributed by atoms with Crippen LogP contribution in [0.25, 0.3) is 0 Å². The Labute approximate surface area is 105 Å². The van der Waals surface area contributed by atoms with Crippen LogP contribution in [-0.4, -0.2) is 17.9 Å². The number of carbonyl (C=O) groups is 1. The van der Waals surface area contributed by atoms with E-state index in [0.717, 1.165) is 5.69 Å². The molecule has 0 aliphatic heterocycles. The molecule has 1 amide bonds. The normalized spacial score (nSPS) is 10.1. The first-order valence-electron chi connectivity index (χ1n) is 5.42. The number of hydrogen-bond acceptors (Lipinski definition) is 4. The average molecular weight is 242 g/mol. The maximum absolute atomic E-state index is 11.4. The Hall–Kier alpha value is -2.56. The molecule has 0 saturated carbocycles. The van der Waals surface area contributed by atoms with Crippen LogP contribution in [-0.2, 0) is 0 Å². The van der Waals surface area contributed by atoms with Gasteiger partial charge in [0.05, 0.1) is 23.1 Å². The number of benzene rings is 1. The van der Waals surface area contributed by atoms with Gasteiger partial charge in [-0.05, 0) is 30.3 Å². The van der Waals surface area contributed by atoms with Crippen LogP contribution in [0.3, 0.4) is 0 Å². The minimum absolute atomic E-state index is 0.390. The van der Waals surface area contributed by atoms with Crippen LogP contribution in [0.1, 0.15) is 10.4 Å². The number of anilines is 3. The molecule has 18 heavy (non-hydrogen) atoms. The van der Waals surface area contributed by atoms with E-state index < -0.39 is 5.91 Å². The van der Waals surface area contributed by atoms with E-state index in [4.69, 9.17) is 11.5 Å². The summed E-state index contributed by atoms with van der Waals surface area (Å²) in [5.41, 5.74) is 13.5. The highest BCUT2D eigenvalue weighted by molar-refractivity contribution is 6.00. The van der Waals surface area contributed by atoms with Crippen LogP contribution >= 0.6 is 0 Å². The number of aromatic nitrogens is 1. The third-order valence-corrected chi connectivity index (χ3v) is 2.68. The first kappa shape index (κ1) is 11.9. The average Bonchev–Trinajstić information content (AvgIpc) is 2.39. The predicted molar refractivity (Wildman–Crippen MR) is 71.7 cm³/mol. The highest BCUT2D eigenvalue weighted by atomic mass is 16.1. The molecule has 0 fully saturated rings. The first-order valence-corrected chi connectivity index (χ1v) is 5.42. The molecule has 2 rings (SSSR count). The van der Waals surface area contributed by atoms with Crippen molar-refractivity contribution in [2.45, 2.75) is 0 Å². The molecular formula is C13H14N4O. The monoisotopic (exact) mass is 242 g/mol. The molecule has 1 aromatic heterocycles. The van der Waals surface area contributed by atoms with E-state index in [-0.39, 0.29) is 0 Å². The Kier molecular flexibility index (Phi) is 3.14. The van der Waals surface area contributed by atoms with Crippen LogP contribution in [0.15, 0.2) is 42.7 Å². The molecule has 4 N–H and O–H groups in total. The second kappa shape index (κ2) is 4.75. The predicted octanol–water partition coefficient (Wildman–Crippen LogP) is 1.53. The summed E-state index contributed by atoms with van der Waals surface area (Å²) in [5.74, 6) is -0.506. The van der Waals surface area contributed by atoms with Gasteiger partial charge in [-0.1, -0.05) is 0 Å². The second-order valence-corrected chi connectivity index (χ2v) is 3.91. The number of nitrogen functional groups attached to an aromatic ring is 1. The summed E-state index contributed by atoms with van der Waals surface area (Å²) < 4.78 is 0. The van der Waals surface area contributed by atoms with Crippen LogP contribution in [0.2, 0.25) is 0 Å². The molecular weight excluding hydrogens is 228 g/mol. The molecule has 0 atom stereocenters. The van der Waals surface area contributed by atoms with Gasteiger partial charge in [0.15, 0.2) is 0 Å². The lowest BCUT2D eigenvalue weighted by atomic mass is 10.1. The smallest absolute Gasteiger partial charge is 0.250 e. The van der Waals surface area contributed by atoms with Crippen molar-refractivity contribution in [3.8, 4) is 0 Å². The van der Waals surface area contributed by atoms with Crippen molar-refractivity contribution >= 4 is 23.0 Å². The second-order valence-electron chi connectivity index (χ2n) is 3.91. The van der Waals surface area contributed by atoms with Gasteiger partial charge < -0.3 is 16.4 Å². The van der Waals surface area contributed by atoms with Crippen LogP contribution in [0.4, 0.5) is 17.1 Å². The van der Waals surface area contributed by atoms with E-state index in [0.29, 0.717) is 16.9 Å². The number of pyridine rings is 1. The fourth-order valence-corrected chi connectivity index (χ4v) is 1.73. The van der Waals surface area contributed by atoms with Crippen molar-refractivity contribution in [3.63, 3.8) is 0 Å². The SMILES string of the molecule is CN(c1cccnc1)c1ccc(N)cc1C(N)=O. The number of rotatable bonds is 3. The van der Waals surface area contributed by atoms with Crippen molar-refractivity contribution in [3.05, 3.63) is 48.3 Å². The molecule has 0 unspecified atom stereocenters. The van der Waals surface area contributed by atoms with Crippen LogP contribution in [0.5, 0.6) is 0 Å². The van der Waals surface area contributed by atoms with Gasteiger partial charge in [-0.15, -0.1) is 0 Å². The summed E-state index contributed by atoms with van der Waals surface area (Å²) in [4.78, 5) is 17.3. The molecule has 1 heterocycles. The van der Waals surface area contributed by atoms with E-state index in [1.807, 2.05) is 24.1 Å². The molecule has 0 aliphatic rings. The van der Waals surface area contributed by atoms with Crippen molar-refractivity contribution in [1.29, 1.82) is 0 Å². The zero-order valence-electron chi connectivity index (χ0n) is 10.00. The number of carbonyl (C=O) groups excluding carboxylic acids is 1. The zero-order valence-corrected chi connectivity index (χ0v) is 10.00. The van der Waals surface area contributed by atoms with Crippen LogP contribution in [0, 0.1) is 0 Å². The fraction of sp³-hybridized carbons (Fsp3) is 0.0769. The van der Waals surface area contributed by atoms with E-state index in [9.17, 15) is 4.79 Å². The minimum Gasteiger partial charge on any atom is -0.399 e. The topological polar surface area (TPSA) is 85.2 Å². The Morgan fingerprint density at radius 2 is 2.11 bits per heavy atom.